The topological polar surface area (TPSA) is 15.3 Å². The second-order valence-electron chi connectivity index (χ2n) is 6.25. The van der Waals surface area contributed by atoms with E-state index in [-0.39, 0.29) is 0 Å². The SMILES string of the molecule is CCN(C1CCCNC1)C1CCC(C)C(C)C1. The second kappa shape index (κ2) is 6.19. The molecule has 1 aliphatic heterocycles. The van der Waals surface area contributed by atoms with Crippen LogP contribution in [0.15, 0.2) is 0 Å². The van der Waals surface area contributed by atoms with Crippen molar-refractivity contribution in [2.45, 2.75) is 65.0 Å². The van der Waals surface area contributed by atoms with Gasteiger partial charge in [-0.3, -0.25) is 4.90 Å². The van der Waals surface area contributed by atoms with E-state index >= 15 is 0 Å². The van der Waals surface area contributed by atoms with E-state index in [1.165, 1.54) is 51.7 Å². The maximum atomic E-state index is 3.57. The van der Waals surface area contributed by atoms with Crippen molar-refractivity contribution in [2.24, 2.45) is 11.8 Å². The van der Waals surface area contributed by atoms with Crippen molar-refractivity contribution in [1.82, 2.24) is 10.2 Å². The van der Waals surface area contributed by atoms with Gasteiger partial charge in [0.25, 0.3) is 0 Å². The highest BCUT2D eigenvalue weighted by Gasteiger charge is 2.31. The third-order valence-electron chi connectivity index (χ3n) is 5.14. The van der Waals surface area contributed by atoms with Crippen LogP contribution >= 0.6 is 0 Å². The molecular weight excluding hydrogens is 208 g/mol. The smallest absolute Gasteiger partial charge is 0.0223 e. The summed E-state index contributed by atoms with van der Waals surface area (Å²) in [6, 6.07) is 1.66. The van der Waals surface area contributed by atoms with Crippen molar-refractivity contribution in [2.75, 3.05) is 19.6 Å². The highest BCUT2D eigenvalue weighted by atomic mass is 15.2. The molecule has 0 aromatic carbocycles. The molecule has 0 aromatic rings. The predicted molar refractivity (Wildman–Crippen MR) is 74.2 cm³/mol. The Hall–Kier alpha value is -0.0800. The number of piperidine rings is 1. The molecule has 2 heteroatoms. The zero-order valence-electron chi connectivity index (χ0n) is 11.9. The lowest BCUT2D eigenvalue weighted by atomic mass is 9.78. The quantitative estimate of drug-likeness (QED) is 0.813. The van der Waals surface area contributed by atoms with Crippen LogP contribution < -0.4 is 5.32 Å². The molecule has 2 aliphatic rings. The van der Waals surface area contributed by atoms with Gasteiger partial charge in [0, 0.05) is 18.6 Å². The lowest BCUT2D eigenvalue weighted by Gasteiger charge is -2.44. The number of hydrogen-bond acceptors (Lipinski definition) is 2. The standard InChI is InChI=1S/C15H30N2/c1-4-17(15-6-5-9-16-11-15)14-8-7-12(2)13(3)10-14/h12-16H,4-11H2,1-3H3. The van der Waals surface area contributed by atoms with Gasteiger partial charge in [0.1, 0.15) is 0 Å². The number of nitrogens with one attached hydrogen (secondary N) is 1. The van der Waals surface area contributed by atoms with E-state index in [1.54, 1.807) is 0 Å². The number of rotatable bonds is 3. The van der Waals surface area contributed by atoms with Gasteiger partial charge in [-0.2, -0.15) is 0 Å². The van der Waals surface area contributed by atoms with Crippen molar-refractivity contribution in [3.05, 3.63) is 0 Å². The normalized spacial score (nSPS) is 39.5. The third kappa shape index (κ3) is 3.23. The molecule has 17 heavy (non-hydrogen) atoms. The van der Waals surface area contributed by atoms with Crippen LogP contribution in [0, 0.1) is 11.8 Å². The molecule has 1 aliphatic carbocycles. The molecule has 2 nitrogen and oxygen atoms in total. The fraction of sp³-hybridized carbons (Fsp3) is 1.00. The summed E-state index contributed by atoms with van der Waals surface area (Å²) >= 11 is 0. The predicted octanol–water partition coefficient (Wildman–Crippen LogP) is 2.89. The molecule has 0 aromatic heterocycles. The number of hydrogen-bond donors (Lipinski definition) is 1. The van der Waals surface area contributed by atoms with E-state index in [1.807, 2.05) is 0 Å². The van der Waals surface area contributed by atoms with E-state index in [0.717, 1.165) is 23.9 Å². The summed E-state index contributed by atoms with van der Waals surface area (Å²) < 4.78 is 0. The summed E-state index contributed by atoms with van der Waals surface area (Å²) in [5, 5.41) is 3.57. The highest BCUT2D eigenvalue weighted by molar-refractivity contribution is 4.87. The Bertz CT molecular complexity index is 223. The van der Waals surface area contributed by atoms with Crippen LogP contribution in [0.5, 0.6) is 0 Å². The molecule has 1 saturated carbocycles. The summed E-state index contributed by atoms with van der Waals surface area (Å²) in [6.07, 6.45) is 7.05. The summed E-state index contributed by atoms with van der Waals surface area (Å²) in [7, 11) is 0. The van der Waals surface area contributed by atoms with Gasteiger partial charge in [-0.05, 0) is 57.0 Å². The molecule has 0 bridgehead atoms. The maximum absolute atomic E-state index is 3.57. The van der Waals surface area contributed by atoms with E-state index in [2.05, 4.69) is 31.0 Å². The molecule has 2 rings (SSSR count). The van der Waals surface area contributed by atoms with E-state index in [4.69, 9.17) is 0 Å². The summed E-state index contributed by atoms with van der Waals surface area (Å²) in [6.45, 7) is 10.9. The lowest BCUT2D eigenvalue weighted by molar-refractivity contribution is 0.0647. The van der Waals surface area contributed by atoms with Crippen molar-refractivity contribution in [3.8, 4) is 0 Å². The molecule has 4 unspecified atom stereocenters. The van der Waals surface area contributed by atoms with Gasteiger partial charge >= 0.3 is 0 Å². The van der Waals surface area contributed by atoms with Crippen molar-refractivity contribution in [3.63, 3.8) is 0 Å². The van der Waals surface area contributed by atoms with Crippen LogP contribution in [0.1, 0.15) is 52.9 Å². The van der Waals surface area contributed by atoms with E-state index in [0.29, 0.717) is 0 Å². The Balaban J connectivity index is 1.93. The van der Waals surface area contributed by atoms with E-state index < -0.39 is 0 Å². The zero-order valence-corrected chi connectivity index (χ0v) is 11.9. The molecule has 2 fully saturated rings. The van der Waals surface area contributed by atoms with Gasteiger partial charge in [-0.1, -0.05) is 20.8 Å². The zero-order chi connectivity index (χ0) is 12.3. The van der Waals surface area contributed by atoms with Crippen LogP contribution in [0.4, 0.5) is 0 Å². The van der Waals surface area contributed by atoms with E-state index in [9.17, 15) is 0 Å². The molecule has 0 spiro atoms. The minimum absolute atomic E-state index is 0.805. The van der Waals surface area contributed by atoms with Gasteiger partial charge in [0.2, 0.25) is 0 Å². The first kappa shape index (κ1) is 13.4. The Kier molecular flexibility index (Phi) is 4.87. The Morgan fingerprint density at radius 3 is 2.47 bits per heavy atom. The molecule has 0 amide bonds. The molecule has 1 heterocycles. The van der Waals surface area contributed by atoms with Crippen LogP contribution in [0.25, 0.3) is 0 Å². The minimum atomic E-state index is 0.805. The largest absolute Gasteiger partial charge is 0.315 e. The summed E-state index contributed by atoms with van der Waals surface area (Å²) in [5.74, 6) is 1.86. The van der Waals surface area contributed by atoms with Crippen molar-refractivity contribution < 1.29 is 0 Å². The van der Waals surface area contributed by atoms with Crippen LogP contribution in [-0.4, -0.2) is 36.6 Å². The van der Waals surface area contributed by atoms with Crippen molar-refractivity contribution >= 4 is 0 Å². The second-order valence-corrected chi connectivity index (χ2v) is 6.25. The van der Waals surface area contributed by atoms with Crippen LogP contribution in [0.2, 0.25) is 0 Å². The van der Waals surface area contributed by atoms with Gasteiger partial charge in [0.05, 0.1) is 0 Å². The molecule has 1 saturated heterocycles. The van der Waals surface area contributed by atoms with Gasteiger partial charge in [-0.25, -0.2) is 0 Å². The van der Waals surface area contributed by atoms with Crippen molar-refractivity contribution in [1.29, 1.82) is 0 Å². The van der Waals surface area contributed by atoms with Crippen LogP contribution in [0.3, 0.4) is 0 Å². The summed E-state index contributed by atoms with van der Waals surface area (Å²) in [5.41, 5.74) is 0. The molecule has 100 valence electrons. The third-order valence-corrected chi connectivity index (χ3v) is 5.14. The number of nitrogens with zero attached hydrogens (tertiary/aromatic N) is 1. The summed E-state index contributed by atoms with van der Waals surface area (Å²) in [4.78, 5) is 2.80. The average Bonchev–Trinajstić information content (AvgIpc) is 2.36. The van der Waals surface area contributed by atoms with Gasteiger partial charge in [0.15, 0.2) is 0 Å². The molecule has 1 N–H and O–H groups in total. The first-order chi connectivity index (χ1) is 8.22. The Labute approximate surface area is 107 Å². The monoisotopic (exact) mass is 238 g/mol. The Morgan fingerprint density at radius 2 is 1.88 bits per heavy atom. The molecule has 4 atom stereocenters. The fourth-order valence-electron chi connectivity index (χ4n) is 3.75. The molecule has 0 radical (unpaired) electrons. The Morgan fingerprint density at radius 1 is 1.06 bits per heavy atom. The number of likely N-dealkylation sites (N-methyl/N-ethyl adjacent to an activating group) is 1. The lowest BCUT2D eigenvalue weighted by Crippen LogP contribution is -2.51. The first-order valence-electron chi connectivity index (χ1n) is 7.68. The van der Waals surface area contributed by atoms with Gasteiger partial charge in [-0.15, -0.1) is 0 Å². The maximum Gasteiger partial charge on any atom is 0.0223 e. The van der Waals surface area contributed by atoms with Gasteiger partial charge < -0.3 is 5.32 Å². The van der Waals surface area contributed by atoms with Crippen LogP contribution in [-0.2, 0) is 0 Å². The first-order valence-corrected chi connectivity index (χ1v) is 7.68. The minimum Gasteiger partial charge on any atom is -0.315 e. The molecular formula is C15H30N2. The highest BCUT2D eigenvalue weighted by Crippen LogP contribution is 2.33. The average molecular weight is 238 g/mol. The fourth-order valence-corrected chi connectivity index (χ4v) is 3.75.